The van der Waals surface area contributed by atoms with E-state index < -0.39 is 5.97 Å². The van der Waals surface area contributed by atoms with Crippen LogP contribution in [-0.2, 0) is 0 Å². The third-order valence-electron chi connectivity index (χ3n) is 3.42. The molecular weight excluding hydrogens is 294 g/mol. The Bertz CT molecular complexity index is 882. The first-order valence-electron chi connectivity index (χ1n) is 6.99. The monoisotopic (exact) mass is 309 g/mol. The number of benzene rings is 2. The van der Waals surface area contributed by atoms with E-state index in [4.69, 9.17) is 10.5 Å². The quantitative estimate of drug-likeness (QED) is 0.393. The maximum absolute atomic E-state index is 12.2. The number of nitrogens with two attached hydrogens (primary N) is 1. The van der Waals surface area contributed by atoms with Crippen LogP contribution < -0.4 is 15.8 Å². The Labute approximate surface area is 132 Å². The molecule has 116 valence electrons. The molecule has 0 spiro atoms. The van der Waals surface area contributed by atoms with Gasteiger partial charge in [-0.15, -0.1) is 0 Å². The number of hydrogen-bond donors (Lipinski definition) is 3. The van der Waals surface area contributed by atoms with Crippen LogP contribution in [0.5, 0.6) is 5.75 Å². The molecule has 0 aliphatic carbocycles. The number of ether oxygens (including phenoxy) is 1. The number of aromatic amines is 1. The molecule has 0 saturated heterocycles. The standard InChI is InChI=1S/C17H15N3O3/c1-19-16(21)10-2-5-13(6-3-10)23-17(22)15-9-11-8-12(18)4-7-14(11)20-15/h2-9,20H,18H2,1H3,(H,19,21). The predicted octanol–water partition coefficient (Wildman–Crippen LogP) is 2.33. The van der Waals surface area contributed by atoms with Gasteiger partial charge in [-0.3, -0.25) is 4.79 Å². The van der Waals surface area contributed by atoms with Gasteiger partial charge in [0.15, 0.2) is 0 Å². The maximum atomic E-state index is 12.2. The van der Waals surface area contributed by atoms with Gasteiger partial charge in [0.2, 0.25) is 0 Å². The molecule has 6 nitrogen and oxygen atoms in total. The van der Waals surface area contributed by atoms with Crippen molar-refractivity contribution in [1.82, 2.24) is 10.3 Å². The van der Waals surface area contributed by atoms with Crippen molar-refractivity contribution in [1.29, 1.82) is 0 Å². The lowest BCUT2D eigenvalue weighted by molar-refractivity contribution is 0.0729. The van der Waals surface area contributed by atoms with Crippen molar-refractivity contribution in [3.63, 3.8) is 0 Å². The second kappa shape index (κ2) is 5.84. The Morgan fingerprint density at radius 2 is 1.83 bits per heavy atom. The number of fused-ring (bicyclic) bond motifs is 1. The molecule has 1 aromatic heterocycles. The fourth-order valence-electron chi connectivity index (χ4n) is 2.24. The van der Waals surface area contributed by atoms with Crippen LogP contribution in [0.25, 0.3) is 10.9 Å². The van der Waals surface area contributed by atoms with Gasteiger partial charge in [-0.1, -0.05) is 0 Å². The zero-order valence-electron chi connectivity index (χ0n) is 12.4. The number of H-pyrrole nitrogens is 1. The molecule has 3 aromatic rings. The summed E-state index contributed by atoms with van der Waals surface area (Å²) < 4.78 is 5.30. The van der Waals surface area contributed by atoms with Crippen LogP contribution in [0.15, 0.2) is 48.5 Å². The van der Waals surface area contributed by atoms with Gasteiger partial charge in [0.25, 0.3) is 5.91 Å². The van der Waals surface area contributed by atoms with Gasteiger partial charge in [-0.2, -0.15) is 0 Å². The zero-order chi connectivity index (χ0) is 16.4. The van der Waals surface area contributed by atoms with Crippen molar-refractivity contribution < 1.29 is 14.3 Å². The topological polar surface area (TPSA) is 97.2 Å². The molecule has 23 heavy (non-hydrogen) atoms. The number of esters is 1. The van der Waals surface area contributed by atoms with Gasteiger partial charge in [0, 0.05) is 29.2 Å². The van der Waals surface area contributed by atoms with Crippen LogP contribution in [0.1, 0.15) is 20.8 Å². The van der Waals surface area contributed by atoms with Crippen LogP contribution in [0, 0.1) is 0 Å². The number of aromatic nitrogens is 1. The van der Waals surface area contributed by atoms with Gasteiger partial charge in [-0.25, -0.2) is 4.79 Å². The number of nitrogen functional groups attached to an aromatic ring is 1. The summed E-state index contributed by atoms with van der Waals surface area (Å²) in [6.45, 7) is 0. The van der Waals surface area contributed by atoms with E-state index in [1.807, 2.05) is 0 Å². The summed E-state index contributed by atoms with van der Waals surface area (Å²) in [5.74, 6) is -0.343. The second-order valence-corrected chi connectivity index (χ2v) is 5.02. The average molecular weight is 309 g/mol. The number of carbonyl (C=O) groups is 2. The Morgan fingerprint density at radius 1 is 1.09 bits per heavy atom. The van der Waals surface area contributed by atoms with E-state index in [9.17, 15) is 9.59 Å². The second-order valence-electron chi connectivity index (χ2n) is 5.02. The number of nitrogens with one attached hydrogen (secondary N) is 2. The Morgan fingerprint density at radius 3 is 2.52 bits per heavy atom. The van der Waals surface area contributed by atoms with Crippen molar-refractivity contribution in [3.8, 4) is 5.75 Å². The third kappa shape index (κ3) is 3.01. The number of anilines is 1. The van der Waals surface area contributed by atoms with Gasteiger partial charge >= 0.3 is 5.97 Å². The highest BCUT2D eigenvalue weighted by Crippen LogP contribution is 2.20. The highest BCUT2D eigenvalue weighted by molar-refractivity contribution is 5.97. The van der Waals surface area contributed by atoms with Gasteiger partial charge in [0.1, 0.15) is 11.4 Å². The molecule has 0 bridgehead atoms. The summed E-state index contributed by atoms with van der Waals surface area (Å²) in [5.41, 5.74) is 7.98. The van der Waals surface area contributed by atoms with Crippen molar-refractivity contribution in [3.05, 3.63) is 59.8 Å². The molecule has 0 saturated carbocycles. The van der Waals surface area contributed by atoms with E-state index in [1.165, 1.54) is 0 Å². The van der Waals surface area contributed by atoms with E-state index in [2.05, 4.69) is 10.3 Å². The number of carbonyl (C=O) groups excluding carboxylic acids is 2. The smallest absolute Gasteiger partial charge is 0.360 e. The van der Waals surface area contributed by atoms with E-state index in [0.29, 0.717) is 22.7 Å². The molecule has 0 radical (unpaired) electrons. The molecule has 1 heterocycles. The SMILES string of the molecule is CNC(=O)c1ccc(OC(=O)c2cc3cc(N)ccc3[nH]2)cc1. The lowest BCUT2D eigenvalue weighted by atomic mass is 10.2. The zero-order valence-corrected chi connectivity index (χ0v) is 12.4. The lowest BCUT2D eigenvalue weighted by Crippen LogP contribution is -2.17. The minimum Gasteiger partial charge on any atom is -0.422 e. The minimum atomic E-state index is -0.507. The fraction of sp³-hybridized carbons (Fsp3) is 0.0588. The summed E-state index contributed by atoms with van der Waals surface area (Å²) >= 11 is 0. The molecule has 0 fully saturated rings. The molecule has 1 amide bonds. The predicted molar refractivity (Wildman–Crippen MR) is 87.5 cm³/mol. The number of amides is 1. The Kier molecular flexibility index (Phi) is 3.72. The highest BCUT2D eigenvalue weighted by Gasteiger charge is 2.12. The van der Waals surface area contributed by atoms with Gasteiger partial charge in [0.05, 0.1) is 0 Å². The molecule has 2 aromatic carbocycles. The first-order valence-corrected chi connectivity index (χ1v) is 6.99. The summed E-state index contributed by atoms with van der Waals surface area (Å²) in [7, 11) is 1.55. The van der Waals surface area contributed by atoms with Crippen molar-refractivity contribution in [2.75, 3.05) is 12.8 Å². The van der Waals surface area contributed by atoms with E-state index >= 15 is 0 Å². The molecule has 0 atom stereocenters. The third-order valence-corrected chi connectivity index (χ3v) is 3.42. The van der Waals surface area contributed by atoms with Crippen LogP contribution in [-0.4, -0.2) is 23.9 Å². The minimum absolute atomic E-state index is 0.198. The van der Waals surface area contributed by atoms with E-state index in [0.717, 1.165) is 10.9 Å². The van der Waals surface area contributed by atoms with E-state index in [1.54, 1.807) is 55.6 Å². The fourth-order valence-corrected chi connectivity index (χ4v) is 2.24. The molecule has 0 aliphatic heterocycles. The van der Waals surface area contributed by atoms with Crippen molar-refractivity contribution in [2.24, 2.45) is 0 Å². The van der Waals surface area contributed by atoms with Gasteiger partial charge in [-0.05, 0) is 48.5 Å². The molecular formula is C17H15N3O3. The Balaban J connectivity index is 1.78. The van der Waals surface area contributed by atoms with Gasteiger partial charge < -0.3 is 20.8 Å². The Hall–Kier alpha value is -3.28. The average Bonchev–Trinajstić information content (AvgIpc) is 2.98. The maximum Gasteiger partial charge on any atom is 0.360 e. The summed E-state index contributed by atoms with van der Waals surface area (Å²) in [5, 5.41) is 3.36. The summed E-state index contributed by atoms with van der Waals surface area (Å²) in [6, 6.07) is 13.4. The first-order chi connectivity index (χ1) is 11.1. The molecule has 0 aliphatic rings. The van der Waals surface area contributed by atoms with Crippen molar-refractivity contribution in [2.45, 2.75) is 0 Å². The molecule has 6 heteroatoms. The lowest BCUT2D eigenvalue weighted by Gasteiger charge is -2.04. The summed E-state index contributed by atoms with van der Waals surface area (Å²) in [4.78, 5) is 26.6. The van der Waals surface area contributed by atoms with Crippen molar-refractivity contribution >= 4 is 28.5 Å². The number of hydrogen-bond acceptors (Lipinski definition) is 4. The molecule has 4 N–H and O–H groups in total. The first kappa shape index (κ1) is 14.6. The normalized spacial score (nSPS) is 10.5. The molecule has 0 unspecified atom stereocenters. The van der Waals surface area contributed by atoms with Crippen LogP contribution >= 0.6 is 0 Å². The van der Waals surface area contributed by atoms with Crippen LogP contribution in [0.2, 0.25) is 0 Å². The molecule has 3 rings (SSSR count). The highest BCUT2D eigenvalue weighted by atomic mass is 16.5. The van der Waals surface area contributed by atoms with Crippen LogP contribution in [0.3, 0.4) is 0 Å². The summed E-state index contributed by atoms with van der Waals surface area (Å²) in [6.07, 6.45) is 0. The largest absolute Gasteiger partial charge is 0.422 e. The van der Waals surface area contributed by atoms with E-state index in [-0.39, 0.29) is 5.91 Å². The number of rotatable bonds is 3. The van der Waals surface area contributed by atoms with Crippen LogP contribution in [0.4, 0.5) is 5.69 Å².